The van der Waals surface area contributed by atoms with E-state index in [2.05, 4.69) is 17.2 Å². The van der Waals surface area contributed by atoms with E-state index in [0.717, 1.165) is 11.3 Å². The number of carbonyl (C=O) groups excluding carboxylic acids is 1. The Morgan fingerprint density at radius 2 is 2.14 bits per heavy atom. The van der Waals surface area contributed by atoms with Crippen molar-refractivity contribution in [1.29, 1.82) is 0 Å². The van der Waals surface area contributed by atoms with Crippen molar-refractivity contribution in [3.8, 4) is 0 Å². The lowest BCUT2D eigenvalue weighted by atomic mass is 10.2. The quantitative estimate of drug-likeness (QED) is 0.739. The van der Waals surface area contributed by atoms with Gasteiger partial charge in [-0.1, -0.05) is 18.7 Å². The number of benzene rings is 1. The highest BCUT2D eigenvalue weighted by molar-refractivity contribution is 5.90. The molecule has 1 rings (SSSR count). The van der Waals surface area contributed by atoms with Crippen molar-refractivity contribution >= 4 is 11.7 Å². The number of anilines is 1. The van der Waals surface area contributed by atoms with Gasteiger partial charge in [0.1, 0.15) is 0 Å². The summed E-state index contributed by atoms with van der Waals surface area (Å²) in [5.74, 6) is 0. The second-order valence-corrected chi connectivity index (χ2v) is 3.23. The summed E-state index contributed by atoms with van der Waals surface area (Å²) in [7, 11) is 0. The monoisotopic (exact) mass is 190 g/mol. The number of hydrogen-bond donors (Lipinski definition) is 2. The molecule has 0 aliphatic carbocycles. The minimum Gasteiger partial charge on any atom is -0.312 e. The summed E-state index contributed by atoms with van der Waals surface area (Å²) in [4.78, 5) is 11.3. The van der Waals surface area contributed by atoms with Crippen LogP contribution in [0.2, 0.25) is 0 Å². The minimum absolute atomic E-state index is 0.261. The number of carbonyl (C=O) groups is 1. The molecule has 0 saturated heterocycles. The molecule has 0 saturated carbocycles. The van der Waals surface area contributed by atoms with Gasteiger partial charge in [0.05, 0.1) is 0 Å². The first-order valence-corrected chi connectivity index (χ1v) is 4.38. The molecule has 1 aromatic carbocycles. The van der Waals surface area contributed by atoms with Gasteiger partial charge in [0.15, 0.2) is 0 Å². The first-order valence-electron chi connectivity index (χ1n) is 4.38. The van der Waals surface area contributed by atoms with E-state index in [1.807, 2.05) is 31.2 Å². The van der Waals surface area contributed by atoms with Gasteiger partial charge in [0, 0.05) is 11.4 Å². The molecule has 0 aliphatic rings. The molecular weight excluding hydrogens is 176 g/mol. The Morgan fingerprint density at radius 3 is 2.71 bits per heavy atom. The van der Waals surface area contributed by atoms with Crippen molar-refractivity contribution in [3.05, 3.63) is 42.1 Å². The lowest BCUT2D eigenvalue weighted by Crippen LogP contribution is -2.26. The fourth-order valence-corrected chi connectivity index (χ4v) is 1.08. The van der Waals surface area contributed by atoms with E-state index >= 15 is 0 Å². The Balaban J connectivity index is 2.60. The largest absolute Gasteiger partial charge is 0.323 e. The molecule has 0 aliphatic heterocycles. The predicted molar refractivity (Wildman–Crippen MR) is 58.1 cm³/mol. The van der Waals surface area contributed by atoms with E-state index in [1.165, 1.54) is 0 Å². The van der Waals surface area contributed by atoms with Gasteiger partial charge >= 0.3 is 6.03 Å². The topological polar surface area (TPSA) is 41.1 Å². The first-order chi connectivity index (χ1) is 6.58. The van der Waals surface area contributed by atoms with Crippen molar-refractivity contribution < 1.29 is 4.79 Å². The van der Waals surface area contributed by atoms with Crippen molar-refractivity contribution in [3.63, 3.8) is 0 Å². The van der Waals surface area contributed by atoms with Gasteiger partial charge in [0.2, 0.25) is 0 Å². The molecule has 0 heterocycles. The summed E-state index contributed by atoms with van der Waals surface area (Å²) in [5.41, 5.74) is 2.51. The molecule has 3 heteroatoms. The Labute approximate surface area is 83.8 Å². The van der Waals surface area contributed by atoms with Gasteiger partial charge in [-0.25, -0.2) is 4.79 Å². The van der Waals surface area contributed by atoms with E-state index in [9.17, 15) is 4.79 Å². The third kappa shape index (κ3) is 3.31. The molecule has 0 bridgehead atoms. The van der Waals surface area contributed by atoms with Gasteiger partial charge < -0.3 is 10.6 Å². The van der Waals surface area contributed by atoms with Crippen molar-refractivity contribution in [2.24, 2.45) is 0 Å². The Hall–Kier alpha value is -1.77. The summed E-state index contributed by atoms with van der Waals surface area (Å²) in [6.07, 6.45) is 0. The highest BCUT2D eigenvalue weighted by Gasteiger charge is 1.99. The maximum Gasteiger partial charge on any atom is 0.323 e. The molecule has 0 radical (unpaired) electrons. The molecule has 3 nitrogen and oxygen atoms in total. The normalized spacial score (nSPS) is 9.29. The van der Waals surface area contributed by atoms with Gasteiger partial charge in [-0.3, -0.25) is 0 Å². The maximum atomic E-state index is 11.3. The molecule has 0 atom stereocenters. The molecule has 2 N–H and O–H groups in total. The van der Waals surface area contributed by atoms with Gasteiger partial charge in [-0.05, 0) is 31.5 Å². The van der Waals surface area contributed by atoms with Crippen LogP contribution < -0.4 is 10.6 Å². The third-order valence-corrected chi connectivity index (χ3v) is 1.60. The number of urea groups is 1. The Bertz CT molecular complexity index is 358. The molecule has 14 heavy (non-hydrogen) atoms. The van der Waals surface area contributed by atoms with Crippen molar-refractivity contribution in [1.82, 2.24) is 5.32 Å². The zero-order valence-corrected chi connectivity index (χ0v) is 8.42. The summed E-state index contributed by atoms with van der Waals surface area (Å²) in [5, 5.41) is 5.27. The predicted octanol–water partition coefficient (Wildman–Crippen LogP) is 2.65. The molecular formula is C11H14N2O. The average molecular weight is 190 g/mol. The van der Waals surface area contributed by atoms with Gasteiger partial charge in [0.25, 0.3) is 0 Å². The van der Waals surface area contributed by atoms with E-state index < -0.39 is 0 Å². The Kier molecular flexibility index (Phi) is 3.29. The van der Waals surface area contributed by atoms with Crippen molar-refractivity contribution in [2.45, 2.75) is 13.8 Å². The van der Waals surface area contributed by atoms with Gasteiger partial charge in [-0.15, -0.1) is 0 Å². The molecule has 1 aromatic rings. The van der Waals surface area contributed by atoms with E-state index in [4.69, 9.17) is 0 Å². The fourth-order valence-electron chi connectivity index (χ4n) is 1.08. The number of amides is 2. The van der Waals surface area contributed by atoms with Crippen LogP contribution in [0.4, 0.5) is 10.5 Å². The summed E-state index contributed by atoms with van der Waals surface area (Å²) in [6.45, 7) is 7.29. The van der Waals surface area contributed by atoms with Crippen LogP contribution in [0, 0.1) is 6.92 Å². The second kappa shape index (κ2) is 4.46. The number of nitrogens with one attached hydrogen (secondary N) is 2. The van der Waals surface area contributed by atoms with Crippen LogP contribution in [0.1, 0.15) is 12.5 Å². The lowest BCUT2D eigenvalue weighted by molar-refractivity contribution is 0.254. The fraction of sp³-hybridized carbons (Fsp3) is 0.182. The molecule has 74 valence electrons. The molecule has 0 spiro atoms. The van der Waals surface area contributed by atoms with Crippen molar-refractivity contribution in [2.75, 3.05) is 5.32 Å². The molecule has 2 amide bonds. The summed E-state index contributed by atoms with van der Waals surface area (Å²) >= 11 is 0. The zero-order chi connectivity index (χ0) is 10.6. The first kappa shape index (κ1) is 10.3. The number of allylic oxidation sites excluding steroid dienone is 1. The summed E-state index contributed by atoms with van der Waals surface area (Å²) in [6, 6.07) is 7.35. The number of rotatable bonds is 2. The number of aryl methyl sites for hydroxylation is 1. The Morgan fingerprint density at radius 1 is 1.43 bits per heavy atom. The SMILES string of the molecule is C=C(C)NC(=O)Nc1cccc(C)c1. The second-order valence-electron chi connectivity index (χ2n) is 3.23. The van der Waals surface area contributed by atoms with Crippen LogP contribution in [0.5, 0.6) is 0 Å². The third-order valence-electron chi connectivity index (χ3n) is 1.60. The molecule has 0 aromatic heterocycles. The molecule has 0 unspecified atom stereocenters. The highest BCUT2D eigenvalue weighted by Crippen LogP contribution is 2.08. The minimum atomic E-state index is -0.261. The van der Waals surface area contributed by atoms with Crippen LogP contribution in [0.3, 0.4) is 0 Å². The van der Waals surface area contributed by atoms with Crippen LogP contribution in [0.15, 0.2) is 36.5 Å². The van der Waals surface area contributed by atoms with E-state index in [-0.39, 0.29) is 6.03 Å². The average Bonchev–Trinajstić information content (AvgIpc) is 2.01. The van der Waals surface area contributed by atoms with Crippen LogP contribution in [-0.4, -0.2) is 6.03 Å². The van der Waals surface area contributed by atoms with E-state index in [0.29, 0.717) is 5.70 Å². The lowest BCUT2D eigenvalue weighted by Gasteiger charge is -2.06. The molecule has 0 fully saturated rings. The van der Waals surface area contributed by atoms with E-state index in [1.54, 1.807) is 6.92 Å². The highest BCUT2D eigenvalue weighted by atomic mass is 16.2. The maximum absolute atomic E-state index is 11.3. The zero-order valence-electron chi connectivity index (χ0n) is 8.42. The number of hydrogen-bond acceptors (Lipinski definition) is 1. The summed E-state index contributed by atoms with van der Waals surface area (Å²) < 4.78 is 0. The standard InChI is InChI=1S/C11H14N2O/c1-8(2)12-11(14)13-10-6-4-5-9(3)7-10/h4-7H,1H2,2-3H3,(H2,12,13,14). The van der Waals surface area contributed by atoms with Gasteiger partial charge in [-0.2, -0.15) is 0 Å². The van der Waals surface area contributed by atoms with Crippen LogP contribution in [-0.2, 0) is 0 Å². The van der Waals surface area contributed by atoms with Crippen LogP contribution >= 0.6 is 0 Å². The van der Waals surface area contributed by atoms with Crippen LogP contribution in [0.25, 0.3) is 0 Å². The smallest absolute Gasteiger partial charge is 0.312 e.